The summed E-state index contributed by atoms with van der Waals surface area (Å²) in [7, 11) is 0. The Morgan fingerprint density at radius 2 is 2.27 bits per heavy atom. The molecule has 0 aromatic carbocycles. The van der Waals surface area contributed by atoms with Crippen LogP contribution in [0, 0.1) is 0 Å². The summed E-state index contributed by atoms with van der Waals surface area (Å²) in [6, 6.07) is -0.449. The van der Waals surface area contributed by atoms with E-state index in [0.717, 1.165) is 19.3 Å². The van der Waals surface area contributed by atoms with Gasteiger partial charge in [-0.1, -0.05) is 0 Å². The van der Waals surface area contributed by atoms with Crippen molar-refractivity contribution in [3.05, 3.63) is 0 Å². The summed E-state index contributed by atoms with van der Waals surface area (Å²) >= 11 is 0. The van der Waals surface area contributed by atoms with Crippen molar-refractivity contribution in [2.45, 2.75) is 31.7 Å². The number of nitrogens with one attached hydrogen (secondary N) is 3. The summed E-state index contributed by atoms with van der Waals surface area (Å²) in [5.41, 5.74) is 4.99. The first kappa shape index (κ1) is 11.9. The van der Waals surface area contributed by atoms with Crippen LogP contribution in [0.1, 0.15) is 25.7 Å². The minimum absolute atomic E-state index is 0.155. The summed E-state index contributed by atoms with van der Waals surface area (Å²) in [5.74, 6) is -0.312. The summed E-state index contributed by atoms with van der Waals surface area (Å²) < 4.78 is 0. The average molecular weight is 215 g/mol. The van der Waals surface area contributed by atoms with E-state index in [2.05, 4.69) is 16.2 Å². The van der Waals surface area contributed by atoms with Crippen molar-refractivity contribution in [2.24, 2.45) is 0 Å². The molecule has 1 aliphatic heterocycles. The maximum absolute atomic E-state index is 11.4. The van der Waals surface area contributed by atoms with Crippen LogP contribution in [0.4, 0.5) is 0 Å². The van der Waals surface area contributed by atoms with E-state index in [9.17, 15) is 9.59 Å². The number of unbranched alkanes of at least 4 members (excludes halogenated alkanes) is 2. The molecule has 4 N–H and O–H groups in total. The summed E-state index contributed by atoms with van der Waals surface area (Å²) in [6.45, 7) is 0.780. The van der Waals surface area contributed by atoms with Crippen LogP contribution in [-0.2, 0) is 9.59 Å². The van der Waals surface area contributed by atoms with Gasteiger partial charge >= 0.3 is 0 Å². The highest BCUT2D eigenvalue weighted by Gasteiger charge is 2.26. The van der Waals surface area contributed by atoms with Crippen LogP contribution in [0.5, 0.6) is 0 Å². The lowest BCUT2D eigenvalue weighted by atomic mass is 10.2. The highest BCUT2D eigenvalue weighted by Crippen LogP contribution is 1.98. The monoisotopic (exact) mass is 215 g/mol. The first-order valence-corrected chi connectivity index (χ1v) is 5.17. The summed E-state index contributed by atoms with van der Waals surface area (Å²) in [5, 5.41) is 11.3. The molecule has 2 amide bonds. The van der Waals surface area contributed by atoms with Gasteiger partial charge in [0.1, 0.15) is 6.04 Å². The molecule has 15 heavy (non-hydrogen) atoms. The second-order valence-electron chi connectivity index (χ2n) is 3.52. The van der Waals surface area contributed by atoms with Crippen molar-refractivity contribution in [1.82, 2.24) is 16.2 Å². The molecule has 0 aliphatic carbocycles. The fourth-order valence-corrected chi connectivity index (χ4v) is 1.36. The zero-order valence-corrected chi connectivity index (χ0v) is 8.58. The highest BCUT2D eigenvalue weighted by molar-refractivity contribution is 5.90. The van der Waals surface area contributed by atoms with Crippen molar-refractivity contribution >= 4 is 11.8 Å². The van der Waals surface area contributed by atoms with Crippen LogP contribution in [-0.4, -0.2) is 36.1 Å². The van der Waals surface area contributed by atoms with Crippen LogP contribution in [0.2, 0.25) is 0 Å². The van der Waals surface area contributed by atoms with Gasteiger partial charge in [0.2, 0.25) is 11.8 Å². The Labute approximate surface area is 88.4 Å². The first-order chi connectivity index (χ1) is 7.24. The Hall–Kier alpha value is -1.14. The standard InChI is InChI=1S/C9H17N3O3/c13-5-3-1-2-4-10-9(15)7-6-8(14)12-11-7/h7,11,13H,1-6H2,(H,10,15)(H,12,14). The number of hydrogen-bond donors (Lipinski definition) is 4. The zero-order valence-electron chi connectivity index (χ0n) is 8.58. The first-order valence-electron chi connectivity index (χ1n) is 5.17. The van der Waals surface area contributed by atoms with Crippen molar-refractivity contribution in [1.29, 1.82) is 0 Å². The number of rotatable bonds is 6. The highest BCUT2D eigenvalue weighted by atomic mass is 16.3. The van der Waals surface area contributed by atoms with Crippen LogP contribution in [0.3, 0.4) is 0 Å². The van der Waals surface area contributed by atoms with Gasteiger partial charge in [0.15, 0.2) is 0 Å². The number of aliphatic hydroxyl groups is 1. The fraction of sp³-hybridized carbons (Fsp3) is 0.778. The summed E-state index contributed by atoms with van der Waals surface area (Å²) in [6.07, 6.45) is 2.70. The average Bonchev–Trinajstić information content (AvgIpc) is 2.64. The fourth-order valence-electron chi connectivity index (χ4n) is 1.36. The molecular weight excluding hydrogens is 198 g/mol. The van der Waals surface area contributed by atoms with Crippen molar-refractivity contribution in [3.63, 3.8) is 0 Å². The number of hydrazine groups is 1. The number of carbonyl (C=O) groups excluding carboxylic acids is 2. The van der Waals surface area contributed by atoms with Gasteiger partial charge in [0.05, 0.1) is 6.42 Å². The van der Waals surface area contributed by atoms with E-state index in [1.807, 2.05) is 0 Å². The minimum Gasteiger partial charge on any atom is -0.396 e. The van der Waals surface area contributed by atoms with Crippen LogP contribution in [0.15, 0.2) is 0 Å². The molecule has 1 aliphatic rings. The third-order valence-electron chi connectivity index (χ3n) is 2.23. The molecule has 1 saturated heterocycles. The number of aliphatic hydroxyl groups excluding tert-OH is 1. The lowest BCUT2D eigenvalue weighted by Gasteiger charge is -2.09. The lowest BCUT2D eigenvalue weighted by Crippen LogP contribution is -2.43. The molecule has 0 aromatic rings. The lowest BCUT2D eigenvalue weighted by molar-refractivity contribution is -0.124. The molecule has 0 radical (unpaired) electrons. The van der Waals surface area contributed by atoms with Crippen LogP contribution in [0.25, 0.3) is 0 Å². The van der Waals surface area contributed by atoms with E-state index in [1.54, 1.807) is 0 Å². The maximum atomic E-state index is 11.4. The Balaban J connectivity index is 2.06. The van der Waals surface area contributed by atoms with Crippen LogP contribution < -0.4 is 16.2 Å². The maximum Gasteiger partial charge on any atom is 0.239 e. The van der Waals surface area contributed by atoms with Crippen LogP contribution >= 0.6 is 0 Å². The molecule has 6 heteroatoms. The minimum atomic E-state index is -0.449. The van der Waals surface area contributed by atoms with Gasteiger partial charge in [0.25, 0.3) is 0 Å². The van der Waals surface area contributed by atoms with E-state index in [-0.39, 0.29) is 24.8 Å². The van der Waals surface area contributed by atoms with Gasteiger partial charge < -0.3 is 10.4 Å². The van der Waals surface area contributed by atoms with Gasteiger partial charge in [-0.2, -0.15) is 0 Å². The van der Waals surface area contributed by atoms with E-state index in [4.69, 9.17) is 5.11 Å². The molecule has 1 rings (SSSR count). The van der Waals surface area contributed by atoms with E-state index in [1.165, 1.54) is 0 Å². The Kier molecular flexibility index (Phi) is 5.06. The molecule has 86 valence electrons. The Morgan fingerprint density at radius 3 is 2.87 bits per heavy atom. The van der Waals surface area contributed by atoms with Gasteiger partial charge in [-0.3, -0.25) is 15.0 Å². The Bertz CT molecular complexity index is 233. The molecule has 1 fully saturated rings. The van der Waals surface area contributed by atoms with Crippen molar-refractivity contribution in [2.75, 3.05) is 13.2 Å². The normalized spacial score (nSPS) is 20.1. The topological polar surface area (TPSA) is 90.5 Å². The predicted octanol–water partition coefficient (Wildman–Crippen LogP) is -1.34. The Morgan fingerprint density at radius 1 is 1.47 bits per heavy atom. The second kappa shape index (κ2) is 6.36. The van der Waals surface area contributed by atoms with Crippen molar-refractivity contribution in [3.8, 4) is 0 Å². The molecule has 1 unspecified atom stereocenters. The zero-order chi connectivity index (χ0) is 11.1. The largest absolute Gasteiger partial charge is 0.396 e. The van der Waals surface area contributed by atoms with Gasteiger partial charge in [-0.25, -0.2) is 5.43 Å². The van der Waals surface area contributed by atoms with Gasteiger partial charge in [-0.15, -0.1) is 0 Å². The SMILES string of the molecule is O=C1CC(C(=O)NCCCCCO)NN1. The number of carbonyl (C=O) groups is 2. The molecular formula is C9H17N3O3. The third kappa shape index (κ3) is 4.26. The quantitative estimate of drug-likeness (QED) is 0.413. The van der Waals surface area contributed by atoms with Crippen molar-refractivity contribution < 1.29 is 14.7 Å². The molecule has 0 saturated carbocycles. The molecule has 0 aromatic heterocycles. The van der Waals surface area contributed by atoms with E-state index >= 15 is 0 Å². The molecule has 6 nitrogen and oxygen atoms in total. The number of hydrogen-bond acceptors (Lipinski definition) is 4. The van der Waals surface area contributed by atoms with Gasteiger partial charge in [-0.05, 0) is 19.3 Å². The third-order valence-corrected chi connectivity index (χ3v) is 2.23. The van der Waals surface area contributed by atoms with Gasteiger partial charge in [0, 0.05) is 13.2 Å². The predicted molar refractivity (Wildman–Crippen MR) is 53.6 cm³/mol. The second-order valence-corrected chi connectivity index (χ2v) is 3.52. The van der Waals surface area contributed by atoms with E-state index in [0.29, 0.717) is 6.54 Å². The smallest absolute Gasteiger partial charge is 0.239 e. The molecule has 1 atom stereocenters. The molecule has 0 bridgehead atoms. The number of amides is 2. The molecule has 0 spiro atoms. The summed E-state index contributed by atoms with van der Waals surface area (Å²) in [4.78, 5) is 22.2. The molecule has 1 heterocycles. The van der Waals surface area contributed by atoms with E-state index < -0.39 is 6.04 Å².